The minimum atomic E-state index is -4.59. The fourth-order valence-electron chi connectivity index (χ4n) is 0.552. The second kappa shape index (κ2) is 2.62. The summed E-state index contributed by atoms with van der Waals surface area (Å²) in [5, 5.41) is 2.88. The Morgan fingerprint density at radius 2 is 2.00 bits per heavy atom. The zero-order valence-corrected chi connectivity index (χ0v) is 5.94. The van der Waals surface area contributed by atoms with Gasteiger partial charge in [0.05, 0.1) is 0 Å². The number of carbonyl (C=O) groups is 1. The molecular weight excluding hydrogens is 173 g/mol. The highest BCUT2D eigenvalue weighted by Crippen LogP contribution is 2.26. The summed E-state index contributed by atoms with van der Waals surface area (Å²) in [7, 11) is 0. The molecule has 0 aromatic carbocycles. The number of nitrogens with zero attached hydrogens (tertiary/aromatic N) is 2. The quantitative estimate of drug-likeness (QED) is 0.538. The minimum Gasteiger partial charge on any atom is -0.265 e. The van der Waals surface area contributed by atoms with Gasteiger partial charge < -0.3 is 0 Å². The highest BCUT2D eigenvalue weighted by Gasteiger charge is 2.36. The predicted molar refractivity (Wildman–Crippen MR) is 33.1 cm³/mol. The van der Waals surface area contributed by atoms with Gasteiger partial charge in [-0.05, 0) is 6.92 Å². The molecule has 0 fully saturated rings. The van der Waals surface area contributed by atoms with Gasteiger partial charge in [-0.15, -0.1) is 0 Å². The van der Waals surface area contributed by atoms with Crippen molar-refractivity contribution in [1.82, 2.24) is 5.32 Å². The number of hydrogen-bond donors (Lipinski definition) is 0. The molecule has 64 valence electrons. The largest absolute Gasteiger partial charge is 0.435 e. The first-order chi connectivity index (χ1) is 5.41. The normalized spacial score (nSPS) is 18.2. The first kappa shape index (κ1) is 8.76. The third-order valence-electron chi connectivity index (χ3n) is 1.12. The highest BCUT2D eigenvalue weighted by molar-refractivity contribution is 6.38. The lowest BCUT2D eigenvalue weighted by molar-refractivity contribution is -0.115. The van der Waals surface area contributed by atoms with E-state index in [-0.39, 0.29) is 5.71 Å². The summed E-state index contributed by atoms with van der Waals surface area (Å²) in [6.07, 6.45) is -3.07. The zero-order valence-electron chi connectivity index (χ0n) is 5.94. The van der Waals surface area contributed by atoms with Crippen LogP contribution >= 0.6 is 0 Å². The lowest BCUT2D eigenvalue weighted by Gasteiger charge is -2.10. The van der Waals surface area contributed by atoms with Crippen molar-refractivity contribution < 1.29 is 18.0 Å². The molecular formula is C6H3F3N2O. The molecule has 1 rings (SSSR count). The second-order valence-electron chi connectivity index (χ2n) is 2.07. The number of halogens is 3. The van der Waals surface area contributed by atoms with Crippen LogP contribution in [0.3, 0.4) is 0 Å². The molecule has 0 saturated heterocycles. The van der Waals surface area contributed by atoms with Crippen molar-refractivity contribution in [2.24, 2.45) is 4.99 Å². The Labute approximate surface area is 66.0 Å². The monoisotopic (exact) mass is 176 g/mol. The standard InChI is InChI=1S/C6H3F3N2O/c1-3-5(12)10-2-4(11-3)6(7,8)9/h1H3. The van der Waals surface area contributed by atoms with Crippen LogP contribution in [-0.2, 0) is 4.79 Å². The number of carbonyl (C=O) groups excluding carboxylic acids is 1. The van der Waals surface area contributed by atoms with Gasteiger partial charge in [0.25, 0.3) is 5.91 Å². The van der Waals surface area contributed by atoms with Gasteiger partial charge in [-0.25, -0.2) is 10.3 Å². The fourth-order valence-corrected chi connectivity index (χ4v) is 0.552. The Hall–Kier alpha value is -1.33. The molecule has 0 N–H and O–H groups in total. The Kier molecular flexibility index (Phi) is 1.91. The van der Waals surface area contributed by atoms with Gasteiger partial charge in [0.2, 0.25) is 0 Å². The summed E-state index contributed by atoms with van der Waals surface area (Å²) in [6.45, 7) is 1.17. The Bertz CT molecular complexity index is 277. The van der Waals surface area contributed by atoms with E-state index in [1.165, 1.54) is 13.1 Å². The third kappa shape index (κ3) is 1.63. The maximum atomic E-state index is 11.9. The molecule has 0 spiro atoms. The average Bonchev–Trinajstić information content (AvgIpc) is 1.92. The number of allylic oxidation sites excluding steroid dienone is 1. The van der Waals surface area contributed by atoms with E-state index in [9.17, 15) is 18.0 Å². The molecule has 0 aliphatic carbocycles. The van der Waals surface area contributed by atoms with E-state index in [0.29, 0.717) is 0 Å². The van der Waals surface area contributed by atoms with Crippen LogP contribution in [0, 0.1) is 6.20 Å². The van der Waals surface area contributed by atoms with Gasteiger partial charge >= 0.3 is 6.18 Å². The van der Waals surface area contributed by atoms with Crippen molar-refractivity contribution in [1.29, 1.82) is 0 Å². The molecule has 0 aromatic heterocycles. The lowest BCUT2D eigenvalue weighted by Crippen LogP contribution is -2.27. The van der Waals surface area contributed by atoms with Gasteiger partial charge in [0.15, 0.2) is 5.70 Å². The van der Waals surface area contributed by atoms with Crippen LogP contribution in [0.15, 0.2) is 10.7 Å². The van der Waals surface area contributed by atoms with Crippen molar-refractivity contribution in [2.45, 2.75) is 13.1 Å². The van der Waals surface area contributed by atoms with E-state index in [0.717, 1.165) is 0 Å². The summed E-state index contributed by atoms with van der Waals surface area (Å²) < 4.78 is 35.6. The van der Waals surface area contributed by atoms with Crippen molar-refractivity contribution in [3.8, 4) is 0 Å². The van der Waals surface area contributed by atoms with Crippen molar-refractivity contribution in [3.63, 3.8) is 0 Å². The zero-order chi connectivity index (χ0) is 9.35. The molecule has 1 amide bonds. The fraction of sp³-hybridized carbons (Fsp3) is 0.333. The molecule has 1 aliphatic heterocycles. The third-order valence-corrected chi connectivity index (χ3v) is 1.12. The van der Waals surface area contributed by atoms with E-state index in [1.54, 1.807) is 0 Å². The van der Waals surface area contributed by atoms with E-state index in [4.69, 9.17) is 0 Å². The van der Waals surface area contributed by atoms with Crippen molar-refractivity contribution in [2.75, 3.05) is 0 Å². The molecule has 0 atom stereocenters. The van der Waals surface area contributed by atoms with Crippen molar-refractivity contribution in [3.05, 3.63) is 11.9 Å². The predicted octanol–water partition coefficient (Wildman–Crippen LogP) is 0.799. The van der Waals surface area contributed by atoms with Gasteiger partial charge in [-0.3, -0.25) is 4.79 Å². The second-order valence-corrected chi connectivity index (χ2v) is 2.07. The summed E-state index contributed by atoms with van der Waals surface area (Å²) in [4.78, 5) is 13.5. The maximum absolute atomic E-state index is 11.9. The van der Waals surface area contributed by atoms with Gasteiger partial charge in [0, 0.05) is 0 Å². The van der Waals surface area contributed by atoms with Crippen LogP contribution in [0.5, 0.6) is 0 Å². The van der Waals surface area contributed by atoms with Gasteiger partial charge in [-0.2, -0.15) is 13.2 Å². The van der Waals surface area contributed by atoms with Crippen LogP contribution in [-0.4, -0.2) is 17.8 Å². The minimum absolute atomic E-state index is 0.277. The Balaban J connectivity index is 2.93. The van der Waals surface area contributed by atoms with Crippen molar-refractivity contribution >= 4 is 11.6 Å². The van der Waals surface area contributed by atoms with Crippen LogP contribution < -0.4 is 5.32 Å². The van der Waals surface area contributed by atoms with Crippen LogP contribution in [0.25, 0.3) is 0 Å². The summed E-state index contributed by atoms with van der Waals surface area (Å²) >= 11 is 0. The molecule has 6 heteroatoms. The molecule has 3 nitrogen and oxygen atoms in total. The Morgan fingerprint density at radius 1 is 1.42 bits per heavy atom. The van der Waals surface area contributed by atoms with E-state index >= 15 is 0 Å². The molecule has 0 saturated carbocycles. The van der Waals surface area contributed by atoms with E-state index in [1.807, 2.05) is 0 Å². The first-order valence-corrected chi connectivity index (χ1v) is 2.92. The number of amides is 1. The summed E-state index contributed by atoms with van der Waals surface area (Å²) in [5.41, 5.74) is -1.54. The SMILES string of the molecule is CC1=NC(C(F)(F)F)=[C][N]C1=O. The molecule has 0 bridgehead atoms. The first-order valence-electron chi connectivity index (χ1n) is 2.92. The molecule has 2 radical (unpaired) electrons. The number of aliphatic imine (C=N–C) groups is 1. The van der Waals surface area contributed by atoms with Crippen LogP contribution in [0.1, 0.15) is 6.92 Å². The molecule has 12 heavy (non-hydrogen) atoms. The van der Waals surface area contributed by atoms with Crippen LogP contribution in [0.2, 0.25) is 0 Å². The molecule has 1 heterocycles. The molecule has 0 unspecified atom stereocenters. The van der Waals surface area contributed by atoms with E-state index < -0.39 is 17.8 Å². The van der Waals surface area contributed by atoms with E-state index in [2.05, 4.69) is 10.3 Å². The topological polar surface area (TPSA) is 43.5 Å². The molecule has 1 aliphatic rings. The molecule has 0 aromatic rings. The highest BCUT2D eigenvalue weighted by atomic mass is 19.4. The average molecular weight is 176 g/mol. The maximum Gasteiger partial charge on any atom is 0.435 e. The number of hydrogen-bond acceptors (Lipinski definition) is 2. The summed E-state index contributed by atoms with van der Waals surface area (Å²) in [5.74, 6) is -0.789. The number of rotatable bonds is 0. The smallest absolute Gasteiger partial charge is 0.265 e. The summed E-state index contributed by atoms with van der Waals surface area (Å²) in [6, 6.07) is 0. The van der Waals surface area contributed by atoms with Crippen LogP contribution in [0.4, 0.5) is 13.2 Å². The van der Waals surface area contributed by atoms with Gasteiger partial charge in [-0.1, -0.05) is 0 Å². The Morgan fingerprint density at radius 3 is 2.42 bits per heavy atom. The van der Waals surface area contributed by atoms with Gasteiger partial charge in [0.1, 0.15) is 11.9 Å². The number of alkyl halides is 3. The lowest BCUT2D eigenvalue weighted by atomic mass is 10.3.